The molecule has 1 aromatic carbocycles. The molecule has 0 bridgehead atoms. The van der Waals surface area contributed by atoms with E-state index in [1.165, 1.54) is 11.1 Å². The largest absolute Gasteiger partial charge is 0.352 e. The number of rotatable bonds is 0. The average molecular weight is 233 g/mol. The number of carbonyl (C=O) groups excluding carboxylic acids is 1. The topological polar surface area (TPSA) is 29.1 Å². The minimum atomic E-state index is 0.159. The van der Waals surface area contributed by atoms with E-state index in [9.17, 15) is 4.79 Å². The zero-order valence-electron chi connectivity index (χ0n) is 11.3. The molecule has 0 saturated carbocycles. The van der Waals surface area contributed by atoms with Crippen molar-refractivity contribution in [2.24, 2.45) is 5.41 Å². The third-order valence-electron chi connectivity index (χ3n) is 2.22. The van der Waals surface area contributed by atoms with Crippen LogP contribution in [-0.2, 0) is 17.8 Å². The Kier molecular flexibility index (Phi) is 4.73. The summed E-state index contributed by atoms with van der Waals surface area (Å²) in [6.07, 6.45) is 1.50. The molecule has 2 nitrogen and oxygen atoms in total. The van der Waals surface area contributed by atoms with Gasteiger partial charge in [0.25, 0.3) is 0 Å². The van der Waals surface area contributed by atoms with Gasteiger partial charge in [-0.3, -0.25) is 4.79 Å². The van der Waals surface area contributed by atoms with Crippen LogP contribution in [0.15, 0.2) is 24.3 Å². The van der Waals surface area contributed by atoms with Crippen molar-refractivity contribution in [1.82, 2.24) is 5.32 Å². The summed E-state index contributed by atoms with van der Waals surface area (Å²) in [7, 11) is 0. The monoisotopic (exact) mass is 233 g/mol. The fourth-order valence-electron chi connectivity index (χ4n) is 1.50. The first-order valence-electron chi connectivity index (χ1n) is 6.20. The highest BCUT2D eigenvalue weighted by molar-refractivity contribution is 5.76. The van der Waals surface area contributed by atoms with Crippen molar-refractivity contribution in [2.45, 2.75) is 47.1 Å². The van der Waals surface area contributed by atoms with E-state index in [-0.39, 0.29) is 5.91 Å². The number of fused-ring (bicyclic) bond motifs is 1. The molecule has 1 N–H and O–H groups in total. The van der Waals surface area contributed by atoms with E-state index in [1.807, 2.05) is 12.1 Å². The molecule has 0 fully saturated rings. The fourth-order valence-corrected chi connectivity index (χ4v) is 1.50. The van der Waals surface area contributed by atoms with Crippen molar-refractivity contribution >= 4 is 5.91 Å². The van der Waals surface area contributed by atoms with E-state index >= 15 is 0 Å². The summed E-state index contributed by atoms with van der Waals surface area (Å²) in [5.74, 6) is 0.159. The average Bonchev–Trinajstić information content (AvgIpc) is 2.39. The molecule has 0 unspecified atom stereocenters. The first kappa shape index (κ1) is 13.8. The molecule has 94 valence electrons. The molecule has 2 heteroatoms. The third kappa shape index (κ3) is 6.10. The molecule has 0 aromatic heterocycles. The van der Waals surface area contributed by atoms with Crippen LogP contribution in [-0.4, -0.2) is 5.91 Å². The van der Waals surface area contributed by atoms with E-state index in [1.54, 1.807) is 0 Å². The van der Waals surface area contributed by atoms with Gasteiger partial charge in [-0.2, -0.15) is 0 Å². The zero-order chi connectivity index (χ0) is 12.9. The van der Waals surface area contributed by atoms with Gasteiger partial charge in [-0.1, -0.05) is 52.0 Å². The highest BCUT2D eigenvalue weighted by Crippen LogP contribution is 2.13. The number of hydrogen-bond donors (Lipinski definition) is 1. The Balaban J connectivity index is 0.000000249. The zero-order valence-corrected chi connectivity index (χ0v) is 11.3. The Morgan fingerprint density at radius 3 is 2.12 bits per heavy atom. The van der Waals surface area contributed by atoms with Crippen molar-refractivity contribution in [3.8, 4) is 0 Å². The molecule has 0 spiro atoms. The number of nitrogens with one attached hydrogen (secondary N) is 1. The second-order valence-electron chi connectivity index (χ2n) is 6.05. The van der Waals surface area contributed by atoms with Crippen molar-refractivity contribution < 1.29 is 4.79 Å². The Labute approximate surface area is 104 Å². The second kappa shape index (κ2) is 5.85. The summed E-state index contributed by atoms with van der Waals surface area (Å²) < 4.78 is 0. The van der Waals surface area contributed by atoms with Gasteiger partial charge in [-0.15, -0.1) is 0 Å². The lowest BCUT2D eigenvalue weighted by Gasteiger charge is -2.05. The molecule has 1 amide bonds. The summed E-state index contributed by atoms with van der Waals surface area (Å²) in [5, 5.41) is 2.86. The molecule has 1 heterocycles. The summed E-state index contributed by atoms with van der Waals surface area (Å²) in [4.78, 5) is 11.0. The lowest BCUT2D eigenvalue weighted by atomic mass is 10.0. The van der Waals surface area contributed by atoms with Crippen molar-refractivity contribution in [1.29, 1.82) is 0 Å². The third-order valence-corrected chi connectivity index (χ3v) is 2.22. The van der Waals surface area contributed by atoms with Crippen molar-refractivity contribution in [2.75, 3.05) is 0 Å². The van der Waals surface area contributed by atoms with E-state index in [0.717, 1.165) is 6.42 Å². The van der Waals surface area contributed by atoms with Crippen LogP contribution in [0.4, 0.5) is 0 Å². The fraction of sp³-hybridized carbons (Fsp3) is 0.533. The van der Waals surface area contributed by atoms with Crippen LogP contribution < -0.4 is 5.32 Å². The van der Waals surface area contributed by atoms with Crippen LogP contribution in [0.2, 0.25) is 0 Å². The number of amides is 1. The lowest BCUT2D eigenvalue weighted by molar-refractivity contribution is -0.121. The standard InChI is InChI=1S/C10H11NO.C5H12/c12-10-6-5-8-3-1-2-4-9(8)7-11-10;1-5(2,3)4/h1-4H,5-7H2,(H,11,12);1-4H3. The molecular weight excluding hydrogens is 210 g/mol. The molecule has 17 heavy (non-hydrogen) atoms. The highest BCUT2D eigenvalue weighted by Gasteiger charge is 2.10. The minimum absolute atomic E-state index is 0.159. The molecule has 2 rings (SSSR count). The van der Waals surface area contributed by atoms with E-state index in [4.69, 9.17) is 0 Å². The van der Waals surface area contributed by atoms with Gasteiger partial charge in [0.1, 0.15) is 0 Å². The summed E-state index contributed by atoms with van der Waals surface area (Å²) >= 11 is 0. The molecule has 1 aromatic rings. The maximum Gasteiger partial charge on any atom is 0.220 e. The highest BCUT2D eigenvalue weighted by atomic mass is 16.1. The van der Waals surface area contributed by atoms with Crippen molar-refractivity contribution in [3.63, 3.8) is 0 Å². The lowest BCUT2D eigenvalue weighted by Crippen LogP contribution is -2.20. The smallest absolute Gasteiger partial charge is 0.220 e. The van der Waals surface area contributed by atoms with Gasteiger partial charge in [0.05, 0.1) is 0 Å². The van der Waals surface area contributed by atoms with Crippen LogP contribution in [0, 0.1) is 5.41 Å². The number of carbonyl (C=O) groups is 1. The van der Waals surface area contributed by atoms with Crippen LogP contribution >= 0.6 is 0 Å². The number of aryl methyl sites for hydroxylation is 1. The Bertz CT molecular complexity index is 342. The van der Waals surface area contributed by atoms with Crippen molar-refractivity contribution in [3.05, 3.63) is 35.4 Å². The van der Waals surface area contributed by atoms with Gasteiger partial charge in [0.15, 0.2) is 0 Å². The maximum absolute atomic E-state index is 11.0. The second-order valence-corrected chi connectivity index (χ2v) is 6.05. The van der Waals surface area contributed by atoms with Gasteiger partial charge in [-0.25, -0.2) is 0 Å². The van der Waals surface area contributed by atoms with E-state index in [0.29, 0.717) is 18.4 Å². The molecule has 1 aliphatic heterocycles. The normalized spacial score (nSPS) is 14.9. The first-order chi connectivity index (χ1) is 7.86. The molecule has 1 aliphatic rings. The molecule has 0 aliphatic carbocycles. The van der Waals surface area contributed by atoms with Gasteiger partial charge in [0.2, 0.25) is 5.91 Å². The quantitative estimate of drug-likeness (QED) is 0.732. The van der Waals surface area contributed by atoms with Gasteiger partial charge >= 0.3 is 0 Å². The van der Waals surface area contributed by atoms with E-state index in [2.05, 4.69) is 45.1 Å². The molecular formula is C15H23NO. The van der Waals surface area contributed by atoms with E-state index < -0.39 is 0 Å². The van der Waals surface area contributed by atoms with Gasteiger partial charge < -0.3 is 5.32 Å². The Morgan fingerprint density at radius 2 is 1.53 bits per heavy atom. The first-order valence-corrected chi connectivity index (χ1v) is 6.20. The summed E-state index contributed by atoms with van der Waals surface area (Å²) in [5.41, 5.74) is 3.05. The van der Waals surface area contributed by atoms with Crippen LogP contribution in [0.1, 0.15) is 45.2 Å². The van der Waals surface area contributed by atoms with Gasteiger partial charge in [0, 0.05) is 13.0 Å². The minimum Gasteiger partial charge on any atom is -0.352 e. The van der Waals surface area contributed by atoms with Gasteiger partial charge in [-0.05, 0) is 23.0 Å². The van der Waals surface area contributed by atoms with Crippen LogP contribution in [0.5, 0.6) is 0 Å². The van der Waals surface area contributed by atoms with Crippen LogP contribution in [0.3, 0.4) is 0 Å². The molecule has 0 radical (unpaired) electrons. The number of benzene rings is 1. The maximum atomic E-state index is 11.0. The molecule has 0 saturated heterocycles. The predicted octanol–water partition coefficient (Wildman–Crippen LogP) is 3.30. The Hall–Kier alpha value is -1.31. The SMILES string of the molecule is CC(C)(C)C.O=C1CCc2ccccc2CN1. The predicted molar refractivity (Wildman–Crippen MR) is 71.7 cm³/mol. The summed E-state index contributed by atoms with van der Waals surface area (Å²) in [6, 6.07) is 8.20. The molecule has 0 atom stereocenters. The van der Waals surface area contributed by atoms with Crippen LogP contribution in [0.25, 0.3) is 0 Å². The summed E-state index contributed by atoms with van der Waals surface area (Å²) in [6.45, 7) is 9.44. The Morgan fingerprint density at radius 1 is 1.00 bits per heavy atom. The number of hydrogen-bond acceptors (Lipinski definition) is 1.